The molecule has 0 aliphatic heterocycles. The van der Waals surface area contributed by atoms with Gasteiger partial charge in [0, 0.05) is 6.54 Å². The van der Waals surface area contributed by atoms with E-state index in [1.807, 2.05) is 27.7 Å². The predicted molar refractivity (Wildman–Crippen MR) is 65.1 cm³/mol. The van der Waals surface area contributed by atoms with Gasteiger partial charge in [0.25, 0.3) is 0 Å². The summed E-state index contributed by atoms with van der Waals surface area (Å²) >= 11 is 1.19. The molecule has 1 heterocycles. The molecule has 0 aliphatic rings. The van der Waals surface area contributed by atoms with E-state index in [2.05, 4.69) is 10.2 Å². The summed E-state index contributed by atoms with van der Waals surface area (Å²) in [6, 6.07) is 0. The Hall–Kier alpha value is -1.24. The van der Waals surface area contributed by atoms with Gasteiger partial charge in [0.05, 0.1) is 5.75 Å². The zero-order valence-corrected chi connectivity index (χ0v) is 11.3. The number of rotatable bonds is 4. The zero-order valence-electron chi connectivity index (χ0n) is 10.4. The molecule has 17 heavy (non-hydrogen) atoms. The number of hydrogen-bond donors (Lipinski definition) is 1. The highest BCUT2D eigenvalue weighted by Crippen LogP contribution is 2.15. The first-order chi connectivity index (χ1) is 7.83. The number of thioether (sulfide) groups is 1. The summed E-state index contributed by atoms with van der Waals surface area (Å²) in [6.07, 6.45) is 0. The third-order valence-corrected chi connectivity index (χ3v) is 2.73. The van der Waals surface area contributed by atoms with Gasteiger partial charge < -0.3 is 4.74 Å². The largest absolute Gasteiger partial charge is 0.459 e. The van der Waals surface area contributed by atoms with Crippen molar-refractivity contribution in [1.29, 1.82) is 0 Å². The zero-order chi connectivity index (χ0) is 13.1. The highest BCUT2D eigenvalue weighted by atomic mass is 32.2. The molecule has 0 amide bonds. The van der Waals surface area contributed by atoms with Crippen LogP contribution in [0.25, 0.3) is 0 Å². The molecule has 1 N–H and O–H groups in total. The normalized spacial score (nSPS) is 11.5. The van der Waals surface area contributed by atoms with E-state index in [0.29, 0.717) is 11.7 Å². The molecule has 1 aromatic rings. The molecule has 1 rings (SSSR count). The number of H-pyrrole nitrogens is 1. The molecule has 7 heteroatoms. The summed E-state index contributed by atoms with van der Waals surface area (Å²) in [5.41, 5.74) is -0.757. The van der Waals surface area contributed by atoms with Crippen molar-refractivity contribution in [3.8, 4) is 0 Å². The molecular weight excluding hydrogens is 242 g/mol. The fourth-order valence-corrected chi connectivity index (χ4v) is 1.97. The van der Waals surface area contributed by atoms with E-state index in [4.69, 9.17) is 4.74 Å². The number of carbonyl (C=O) groups excluding carboxylic acids is 1. The van der Waals surface area contributed by atoms with Crippen LogP contribution in [0, 0.1) is 0 Å². The summed E-state index contributed by atoms with van der Waals surface area (Å²) < 4.78 is 6.62. The highest BCUT2D eigenvalue weighted by Gasteiger charge is 2.17. The van der Waals surface area contributed by atoms with Crippen molar-refractivity contribution >= 4 is 17.7 Å². The van der Waals surface area contributed by atoms with Crippen LogP contribution in [0.5, 0.6) is 0 Å². The molecule has 0 bridgehead atoms. The Balaban J connectivity index is 2.56. The van der Waals surface area contributed by atoms with Gasteiger partial charge >= 0.3 is 11.7 Å². The summed E-state index contributed by atoms with van der Waals surface area (Å²) in [7, 11) is 0. The smallest absolute Gasteiger partial charge is 0.343 e. The number of esters is 1. The molecule has 0 aliphatic carbocycles. The van der Waals surface area contributed by atoms with Crippen molar-refractivity contribution in [2.75, 3.05) is 5.75 Å². The predicted octanol–water partition coefficient (Wildman–Crippen LogP) is 1.03. The Morgan fingerprint density at radius 2 is 2.18 bits per heavy atom. The standard InChI is InChI=1S/C10H17N3O3S/c1-5-13-8(15)11-12-9(13)17-6-7(14)16-10(2,3)4/h5-6H2,1-4H3,(H,11,15). The molecule has 96 valence electrons. The maximum atomic E-state index is 11.5. The summed E-state index contributed by atoms with van der Waals surface area (Å²) in [4.78, 5) is 22.7. The van der Waals surface area contributed by atoms with Gasteiger partial charge in [-0.3, -0.25) is 9.36 Å². The fraction of sp³-hybridized carbons (Fsp3) is 0.700. The second kappa shape index (κ2) is 5.39. The molecule has 0 aromatic carbocycles. The summed E-state index contributed by atoms with van der Waals surface area (Å²) in [5.74, 6) is -0.178. The fourth-order valence-electron chi connectivity index (χ4n) is 1.19. The Labute approximate surface area is 104 Å². The summed E-state index contributed by atoms with van der Waals surface area (Å²) in [6.45, 7) is 7.80. The van der Waals surface area contributed by atoms with Crippen LogP contribution >= 0.6 is 11.8 Å². The monoisotopic (exact) mass is 259 g/mol. The second-order valence-corrected chi connectivity index (χ2v) is 5.37. The maximum Gasteiger partial charge on any atom is 0.343 e. The van der Waals surface area contributed by atoms with E-state index in [1.165, 1.54) is 16.3 Å². The van der Waals surface area contributed by atoms with Crippen LogP contribution in [0.2, 0.25) is 0 Å². The lowest BCUT2D eigenvalue weighted by Crippen LogP contribution is -2.25. The van der Waals surface area contributed by atoms with E-state index in [1.54, 1.807) is 0 Å². The number of carbonyl (C=O) groups is 1. The molecule has 0 atom stereocenters. The number of nitrogens with one attached hydrogen (secondary N) is 1. The first kappa shape index (κ1) is 13.8. The lowest BCUT2D eigenvalue weighted by molar-refractivity contribution is -0.151. The first-order valence-corrected chi connectivity index (χ1v) is 6.32. The number of aromatic amines is 1. The van der Waals surface area contributed by atoms with E-state index in [9.17, 15) is 9.59 Å². The van der Waals surface area contributed by atoms with Gasteiger partial charge in [0.1, 0.15) is 5.60 Å². The van der Waals surface area contributed by atoms with Crippen LogP contribution in [0.15, 0.2) is 9.95 Å². The first-order valence-electron chi connectivity index (χ1n) is 5.33. The van der Waals surface area contributed by atoms with Gasteiger partial charge in [-0.05, 0) is 27.7 Å². The van der Waals surface area contributed by atoms with Crippen molar-refractivity contribution in [3.63, 3.8) is 0 Å². The van der Waals surface area contributed by atoms with E-state index in [0.717, 1.165) is 0 Å². The number of aromatic nitrogens is 3. The third-order valence-electron chi connectivity index (χ3n) is 1.78. The van der Waals surface area contributed by atoms with E-state index in [-0.39, 0.29) is 17.4 Å². The van der Waals surface area contributed by atoms with Gasteiger partial charge in [-0.1, -0.05) is 11.8 Å². The molecule has 6 nitrogen and oxygen atoms in total. The van der Waals surface area contributed by atoms with Gasteiger partial charge in [0.15, 0.2) is 5.16 Å². The Morgan fingerprint density at radius 3 is 2.71 bits per heavy atom. The van der Waals surface area contributed by atoms with Crippen molar-refractivity contribution < 1.29 is 9.53 Å². The van der Waals surface area contributed by atoms with Gasteiger partial charge in [-0.15, -0.1) is 5.10 Å². The van der Waals surface area contributed by atoms with E-state index >= 15 is 0 Å². The Bertz CT molecular complexity index is 444. The van der Waals surface area contributed by atoms with Gasteiger partial charge in [0.2, 0.25) is 0 Å². The third kappa shape index (κ3) is 4.26. The van der Waals surface area contributed by atoms with Gasteiger partial charge in [-0.25, -0.2) is 9.89 Å². The Kier molecular flexibility index (Phi) is 4.39. The van der Waals surface area contributed by atoms with Crippen molar-refractivity contribution in [2.45, 2.75) is 45.0 Å². The molecule has 0 radical (unpaired) electrons. The highest BCUT2D eigenvalue weighted by molar-refractivity contribution is 7.99. The lowest BCUT2D eigenvalue weighted by Gasteiger charge is -2.19. The number of hydrogen-bond acceptors (Lipinski definition) is 5. The quantitative estimate of drug-likeness (QED) is 0.645. The van der Waals surface area contributed by atoms with Crippen LogP contribution in [0.1, 0.15) is 27.7 Å². The average Bonchev–Trinajstić information content (AvgIpc) is 2.53. The molecule has 0 spiro atoms. The summed E-state index contributed by atoms with van der Waals surface area (Å²) in [5, 5.41) is 6.68. The van der Waals surface area contributed by atoms with Crippen molar-refractivity contribution in [2.24, 2.45) is 0 Å². The average molecular weight is 259 g/mol. The molecule has 1 aromatic heterocycles. The molecule has 0 unspecified atom stereocenters. The molecular formula is C10H17N3O3S. The van der Waals surface area contributed by atoms with E-state index < -0.39 is 5.60 Å². The van der Waals surface area contributed by atoms with Crippen LogP contribution in [0.3, 0.4) is 0 Å². The number of nitrogens with zero attached hydrogens (tertiary/aromatic N) is 2. The lowest BCUT2D eigenvalue weighted by atomic mass is 10.2. The van der Waals surface area contributed by atoms with Crippen molar-refractivity contribution in [1.82, 2.24) is 14.8 Å². The van der Waals surface area contributed by atoms with Gasteiger partial charge in [-0.2, -0.15) is 0 Å². The minimum Gasteiger partial charge on any atom is -0.459 e. The molecule has 0 saturated carbocycles. The maximum absolute atomic E-state index is 11.5. The van der Waals surface area contributed by atoms with Crippen molar-refractivity contribution in [3.05, 3.63) is 10.5 Å². The SMILES string of the molecule is CCn1c(SCC(=O)OC(C)(C)C)n[nH]c1=O. The minimum atomic E-state index is -0.492. The molecule has 0 fully saturated rings. The minimum absolute atomic E-state index is 0.140. The Morgan fingerprint density at radius 1 is 1.53 bits per heavy atom. The van der Waals surface area contributed by atoms with Crippen LogP contribution < -0.4 is 5.69 Å². The topological polar surface area (TPSA) is 77.0 Å². The molecule has 0 saturated heterocycles. The van der Waals surface area contributed by atoms with Crippen LogP contribution in [-0.4, -0.2) is 32.1 Å². The second-order valence-electron chi connectivity index (χ2n) is 4.43. The van der Waals surface area contributed by atoms with Crippen LogP contribution in [-0.2, 0) is 16.1 Å². The number of ether oxygens (including phenoxy) is 1. The van der Waals surface area contributed by atoms with Crippen LogP contribution in [0.4, 0.5) is 0 Å².